The molecule has 0 spiro atoms. The fourth-order valence-corrected chi connectivity index (χ4v) is 3.48. The number of rotatable bonds is 2. The van der Waals surface area contributed by atoms with Crippen LogP contribution in [-0.2, 0) is 0 Å². The van der Waals surface area contributed by atoms with Gasteiger partial charge in [-0.3, -0.25) is 4.98 Å². The number of fused-ring (bicyclic) bond motifs is 1. The van der Waals surface area contributed by atoms with E-state index in [1.54, 1.807) is 0 Å². The summed E-state index contributed by atoms with van der Waals surface area (Å²) in [5.74, 6) is 1.34. The van der Waals surface area contributed by atoms with E-state index in [0.717, 1.165) is 12.3 Å². The molecule has 2 heteroatoms. The lowest BCUT2D eigenvalue weighted by Gasteiger charge is -2.34. The molecule has 0 aliphatic heterocycles. The third-order valence-electron chi connectivity index (χ3n) is 4.70. The minimum atomic E-state index is 0.307. The average Bonchev–Trinajstić information content (AvgIpc) is 2.47. The summed E-state index contributed by atoms with van der Waals surface area (Å²) < 4.78 is 0. The van der Waals surface area contributed by atoms with Gasteiger partial charge in [0.25, 0.3) is 0 Å². The first-order valence-electron chi connectivity index (χ1n) is 7.37. The number of aromatic nitrogens is 1. The monoisotopic (exact) mass is 254 g/mol. The van der Waals surface area contributed by atoms with Crippen LogP contribution in [0.5, 0.6) is 0 Å². The zero-order chi connectivity index (χ0) is 13.2. The molecular weight excluding hydrogens is 232 g/mol. The Kier molecular flexibility index (Phi) is 3.52. The van der Waals surface area contributed by atoms with Gasteiger partial charge in [0.15, 0.2) is 0 Å². The molecular formula is C17H22N2. The van der Waals surface area contributed by atoms with Gasteiger partial charge >= 0.3 is 0 Å². The van der Waals surface area contributed by atoms with Crippen LogP contribution in [0.1, 0.15) is 44.1 Å². The van der Waals surface area contributed by atoms with E-state index in [4.69, 9.17) is 5.73 Å². The second kappa shape index (κ2) is 5.30. The lowest BCUT2D eigenvalue weighted by atomic mass is 9.73. The first-order chi connectivity index (χ1) is 9.29. The molecule has 2 aromatic rings. The van der Waals surface area contributed by atoms with E-state index in [1.807, 2.05) is 12.4 Å². The Morgan fingerprint density at radius 2 is 2.16 bits per heavy atom. The molecule has 1 aliphatic carbocycles. The zero-order valence-electron chi connectivity index (χ0n) is 11.5. The molecule has 1 aromatic carbocycles. The van der Waals surface area contributed by atoms with Crippen molar-refractivity contribution in [3.05, 3.63) is 42.2 Å². The Labute approximate surface area is 115 Å². The van der Waals surface area contributed by atoms with Crippen LogP contribution in [0.15, 0.2) is 36.7 Å². The van der Waals surface area contributed by atoms with Crippen LogP contribution in [0, 0.1) is 5.92 Å². The standard InChI is InChI=1S/C17H22N2/c1-2-12-6-7-17(18)16(10-12)15-5-3-4-13-11-19-9-8-14(13)15/h3-5,8-9,11-12,16-17H,2,6-7,10,18H2,1H3. The quantitative estimate of drug-likeness (QED) is 0.884. The molecule has 1 heterocycles. The van der Waals surface area contributed by atoms with Crippen LogP contribution in [-0.4, -0.2) is 11.0 Å². The predicted molar refractivity (Wildman–Crippen MR) is 80.1 cm³/mol. The molecule has 1 fully saturated rings. The summed E-state index contributed by atoms with van der Waals surface area (Å²) in [5.41, 5.74) is 7.83. The lowest BCUT2D eigenvalue weighted by Crippen LogP contribution is -2.34. The van der Waals surface area contributed by atoms with Crippen molar-refractivity contribution in [2.24, 2.45) is 11.7 Å². The largest absolute Gasteiger partial charge is 0.327 e. The molecule has 19 heavy (non-hydrogen) atoms. The molecule has 3 unspecified atom stereocenters. The minimum absolute atomic E-state index is 0.307. The first kappa shape index (κ1) is 12.6. The van der Waals surface area contributed by atoms with Crippen molar-refractivity contribution < 1.29 is 0 Å². The summed E-state index contributed by atoms with van der Waals surface area (Å²) in [5, 5.41) is 2.56. The van der Waals surface area contributed by atoms with Gasteiger partial charge in [0.05, 0.1) is 0 Å². The van der Waals surface area contributed by atoms with E-state index in [2.05, 4.69) is 36.2 Å². The van der Waals surface area contributed by atoms with Crippen LogP contribution in [0.3, 0.4) is 0 Å². The van der Waals surface area contributed by atoms with Gasteiger partial charge in [-0.15, -0.1) is 0 Å². The van der Waals surface area contributed by atoms with E-state index in [-0.39, 0.29) is 0 Å². The highest BCUT2D eigenvalue weighted by atomic mass is 14.7. The maximum atomic E-state index is 6.40. The van der Waals surface area contributed by atoms with E-state index in [1.165, 1.54) is 35.6 Å². The summed E-state index contributed by atoms with van der Waals surface area (Å²) in [7, 11) is 0. The minimum Gasteiger partial charge on any atom is -0.327 e. The Morgan fingerprint density at radius 1 is 1.26 bits per heavy atom. The van der Waals surface area contributed by atoms with E-state index < -0.39 is 0 Å². The number of pyridine rings is 1. The molecule has 2 N–H and O–H groups in total. The van der Waals surface area contributed by atoms with Crippen molar-refractivity contribution in [3.8, 4) is 0 Å². The fraction of sp³-hybridized carbons (Fsp3) is 0.471. The lowest BCUT2D eigenvalue weighted by molar-refractivity contribution is 0.283. The van der Waals surface area contributed by atoms with Gasteiger partial charge in [-0.05, 0) is 48.1 Å². The van der Waals surface area contributed by atoms with Crippen LogP contribution in [0.2, 0.25) is 0 Å². The van der Waals surface area contributed by atoms with Crippen LogP contribution in [0.4, 0.5) is 0 Å². The molecule has 3 rings (SSSR count). The Morgan fingerprint density at radius 3 is 3.00 bits per heavy atom. The molecule has 0 radical (unpaired) electrons. The number of benzene rings is 1. The van der Waals surface area contributed by atoms with Gasteiger partial charge in [-0.2, -0.15) is 0 Å². The Bertz CT molecular complexity index is 559. The predicted octanol–water partition coefficient (Wildman–Crippen LogP) is 3.86. The summed E-state index contributed by atoms with van der Waals surface area (Å²) >= 11 is 0. The summed E-state index contributed by atoms with van der Waals surface area (Å²) in [4.78, 5) is 4.22. The second-order valence-corrected chi connectivity index (χ2v) is 5.80. The first-order valence-corrected chi connectivity index (χ1v) is 7.37. The molecule has 0 bridgehead atoms. The van der Waals surface area contributed by atoms with Gasteiger partial charge in [0, 0.05) is 23.8 Å². The van der Waals surface area contributed by atoms with E-state index in [0.29, 0.717) is 12.0 Å². The topological polar surface area (TPSA) is 38.9 Å². The van der Waals surface area contributed by atoms with Crippen LogP contribution >= 0.6 is 0 Å². The van der Waals surface area contributed by atoms with Gasteiger partial charge in [-0.1, -0.05) is 31.5 Å². The smallest absolute Gasteiger partial charge is 0.0346 e. The number of nitrogens with zero attached hydrogens (tertiary/aromatic N) is 1. The highest BCUT2D eigenvalue weighted by Gasteiger charge is 2.29. The molecule has 0 amide bonds. The summed E-state index contributed by atoms with van der Waals surface area (Å²) in [6.07, 6.45) is 8.79. The molecule has 3 atom stereocenters. The van der Waals surface area contributed by atoms with Crippen molar-refractivity contribution in [2.75, 3.05) is 0 Å². The summed E-state index contributed by atoms with van der Waals surface area (Å²) in [6, 6.07) is 8.97. The number of nitrogens with two attached hydrogens (primary N) is 1. The van der Waals surface area contributed by atoms with Crippen molar-refractivity contribution in [1.29, 1.82) is 0 Å². The molecule has 2 nitrogen and oxygen atoms in total. The van der Waals surface area contributed by atoms with Gasteiger partial charge < -0.3 is 5.73 Å². The highest BCUT2D eigenvalue weighted by molar-refractivity contribution is 5.85. The molecule has 1 aliphatic rings. The molecule has 100 valence electrons. The third kappa shape index (κ3) is 2.37. The second-order valence-electron chi connectivity index (χ2n) is 5.80. The SMILES string of the molecule is CCC1CCC(N)C(c2cccc3cnccc23)C1. The third-order valence-corrected chi connectivity index (χ3v) is 4.70. The summed E-state index contributed by atoms with van der Waals surface area (Å²) in [6.45, 7) is 2.30. The Balaban J connectivity index is 2.02. The fourth-order valence-electron chi connectivity index (χ4n) is 3.48. The maximum absolute atomic E-state index is 6.40. The van der Waals surface area contributed by atoms with Crippen molar-refractivity contribution in [2.45, 2.75) is 44.6 Å². The average molecular weight is 254 g/mol. The number of hydrogen-bond donors (Lipinski definition) is 1. The highest BCUT2D eigenvalue weighted by Crippen LogP contribution is 2.39. The zero-order valence-corrected chi connectivity index (χ0v) is 11.5. The normalized spacial score (nSPS) is 27.6. The van der Waals surface area contributed by atoms with E-state index >= 15 is 0 Å². The van der Waals surface area contributed by atoms with Crippen LogP contribution < -0.4 is 5.73 Å². The number of hydrogen-bond acceptors (Lipinski definition) is 2. The molecule has 1 saturated carbocycles. The van der Waals surface area contributed by atoms with Gasteiger partial charge in [0.1, 0.15) is 0 Å². The van der Waals surface area contributed by atoms with Gasteiger partial charge in [-0.25, -0.2) is 0 Å². The van der Waals surface area contributed by atoms with Crippen molar-refractivity contribution in [1.82, 2.24) is 4.98 Å². The Hall–Kier alpha value is -1.41. The van der Waals surface area contributed by atoms with E-state index in [9.17, 15) is 0 Å². The molecule has 1 aromatic heterocycles. The van der Waals surface area contributed by atoms with Crippen molar-refractivity contribution in [3.63, 3.8) is 0 Å². The van der Waals surface area contributed by atoms with Gasteiger partial charge in [0.2, 0.25) is 0 Å². The van der Waals surface area contributed by atoms with Crippen LogP contribution in [0.25, 0.3) is 10.8 Å². The van der Waals surface area contributed by atoms with Crippen molar-refractivity contribution >= 4 is 10.8 Å². The maximum Gasteiger partial charge on any atom is 0.0346 e. The molecule has 0 saturated heterocycles.